The summed E-state index contributed by atoms with van der Waals surface area (Å²) in [5.74, 6) is -1.51. The number of hydrogen-bond acceptors (Lipinski definition) is 3. The summed E-state index contributed by atoms with van der Waals surface area (Å²) in [6.45, 7) is -0.197. The van der Waals surface area contributed by atoms with E-state index in [0.29, 0.717) is 5.56 Å². The van der Waals surface area contributed by atoms with E-state index in [9.17, 15) is 18.4 Å². The lowest BCUT2D eigenvalue weighted by Crippen LogP contribution is -2.32. The average Bonchev–Trinajstić information content (AvgIpc) is 2.70. The van der Waals surface area contributed by atoms with Gasteiger partial charge in [0.15, 0.2) is 0 Å². The summed E-state index contributed by atoms with van der Waals surface area (Å²) in [4.78, 5) is 24.5. The molecule has 0 aliphatic carbocycles. The first kappa shape index (κ1) is 19.8. The van der Waals surface area contributed by atoms with Crippen LogP contribution in [0.5, 0.6) is 5.75 Å². The van der Waals surface area contributed by atoms with Gasteiger partial charge in [-0.2, -0.15) is 0 Å². The Morgan fingerprint density at radius 2 is 1.86 bits per heavy atom. The van der Waals surface area contributed by atoms with Crippen molar-refractivity contribution in [1.82, 2.24) is 9.88 Å². The van der Waals surface area contributed by atoms with Crippen LogP contribution in [-0.4, -0.2) is 10.5 Å². The Morgan fingerprint density at radius 1 is 1.11 bits per heavy atom. The van der Waals surface area contributed by atoms with E-state index in [1.165, 1.54) is 22.9 Å². The van der Waals surface area contributed by atoms with Crippen molar-refractivity contribution in [2.24, 2.45) is 0 Å². The summed E-state index contributed by atoms with van der Waals surface area (Å²) in [7, 11) is 0. The van der Waals surface area contributed by atoms with Gasteiger partial charge in [0.25, 0.3) is 11.5 Å². The van der Waals surface area contributed by atoms with Crippen molar-refractivity contribution in [1.29, 1.82) is 0 Å². The van der Waals surface area contributed by atoms with Gasteiger partial charge in [-0.05, 0) is 46.3 Å². The molecule has 3 rings (SSSR count). The van der Waals surface area contributed by atoms with Crippen LogP contribution in [0.2, 0.25) is 0 Å². The van der Waals surface area contributed by atoms with Crippen molar-refractivity contribution in [3.63, 3.8) is 0 Å². The lowest BCUT2D eigenvalue weighted by Gasteiger charge is -2.12. The lowest BCUT2D eigenvalue weighted by atomic mass is 10.2. The number of amides is 1. The highest BCUT2D eigenvalue weighted by Crippen LogP contribution is 2.22. The van der Waals surface area contributed by atoms with E-state index in [1.54, 1.807) is 30.3 Å². The molecule has 144 valence electrons. The van der Waals surface area contributed by atoms with Gasteiger partial charge in [-0.15, -0.1) is 0 Å². The zero-order chi connectivity index (χ0) is 20.1. The Balaban J connectivity index is 1.67. The predicted molar refractivity (Wildman–Crippen MR) is 103 cm³/mol. The highest BCUT2D eigenvalue weighted by Gasteiger charge is 2.12. The van der Waals surface area contributed by atoms with Gasteiger partial charge in [-0.1, -0.05) is 18.2 Å². The zero-order valence-electron chi connectivity index (χ0n) is 14.5. The molecular weight excluding hydrogens is 434 g/mol. The monoisotopic (exact) mass is 448 g/mol. The van der Waals surface area contributed by atoms with E-state index in [4.69, 9.17) is 4.74 Å². The van der Waals surface area contributed by atoms with Crippen molar-refractivity contribution in [3.05, 3.63) is 98.4 Å². The predicted octanol–water partition coefficient (Wildman–Crippen LogP) is 3.86. The van der Waals surface area contributed by atoms with E-state index in [0.717, 1.165) is 12.1 Å². The van der Waals surface area contributed by atoms with Crippen molar-refractivity contribution in [2.75, 3.05) is 0 Å². The van der Waals surface area contributed by atoms with Gasteiger partial charge < -0.3 is 10.1 Å². The molecule has 0 unspecified atom stereocenters. The molecule has 0 spiro atoms. The molecule has 0 saturated carbocycles. The summed E-state index contributed by atoms with van der Waals surface area (Å²) in [6, 6.07) is 13.3. The minimum Gasteiger partial charge on any atom is -0.487 e. The smallest absolute Gasteiger partial charge is 0.270 e. The highest BCUT2D eigenvalue weighted by molar-refractivity contribution is 9.10. The van der Waals surface area contributed by atoms with Gasteiger partial charge in [-0.3, -0.25) is 14.2 Å². The Morgan fingerprint density at radius 3 is 2.57 bits per heavy atom. The minimum atomic E-state index is -0.729. The topological polar surface area (TPSA) is 60.3 Å². The first-order chi connectivity index (χ1) is 13.5. The molecule has 1 amide bonds. The first-order valence-electron chi connectivity index (χ1n) is 8.24. The van der Waals surface area contributed by atoms with Gasteiger partial charge in [-0.25, -0.2) is 8.78 Å². The lowest BCUT2D eigenvalue weighted by molar-refractivity contribution is 0.0941. The molecule has 28 heavy (non-hydrogen) atoms. The molecule has 2 aromatic carbocycles. The number of nitrogens with one attached hydrogen (secondary N) is 1. The Hall–Kier alpha value is -3.00. The maximum absolute atomic E-state index is 13.7. The number of ether oxygens (including phenoxy) is 1. The van der Waals surface area contributed by atoms with Gasteiger partial charge in [0, 0.05) is 23.4 Å². The van der Waals surface area contributed by atoms with Crippen LogP contribution in [0, 0.1) is 11.6 Å². The van der Waals surface area contributed by atoms with Crippen LogP contribution in [0.3, 0.4) is 0 Å². The molecule has 8 heteroatoms. The molecular formula is C20H15BrF2N2O3. The molecule has 0 fully saturated rings. The second-order valence-corrected chi connectivity index (χ2v) is 6.62. The third-order valence-electron chi connectivity index (χ3n) is 3.92. The molecule has 0 bridgehead atoms. The number of halogens is 3. The maximum atomic E-state index is 13.7. The maximum Gasteiger partial charge on any atom is 0.270 e. The second kappa shape index (κ2) is 8.79. The van der Waals surface area contributed by atoms with E-state index >= 15 is 0 Å². The average molecular weight is 449 g/mol. The third-order valence-corrected chi connectivity index (χ3v) is 4.65. The molecule has 3 aromatic rings. The highest BCUT2D eigenvalue weighted by atomic mass is 79.9. The fraction of sp³-hybridized carbons (Fsp3) is 0.100. The first-order valence-corrected chi connectivity index (χ1v) is 9.04. The van der Waals surface area contributed by atoms with Crippen LogP contribution < -0.4 is 15.6 Å². The van der Waals surface area contributed by atoms with Crippen LogP contribution >= 0.6 is 15.9 Å². The molecule has 1 heterocycles. The standard InChI is InChI=1S/C20H15BrF2N2O3/c21-18-17(28-11-14-6-7-15(22)10-16(14)23)8-9-25(20(18)27)12-24-19(26)13-4-2-1-3-5-13/h1-10H,11-12H2,(H,24,26). The summed E-state index contributed by atoms with van der Waals surface area (Å²) in [6.07, 6.45) is 1.45. The van der Waals surface area contributed by atoms with Gasteiger partial charge in [0.2, 0.25) is 0 Å². The van der Waals surface area contributed by atoms with Crippen molar-refractivity contribution in [2.45, 2.75) is 13.3 Å². The van der Waals surface area contributed by atoms with E-state index in [1.807, 2.05) is 0 Å². The van der Waals surface area contributed by atoms with Crippen LogP contribution in [0.15, 0.2) is 70.1 Å². The second-order valence-electron chi connectivity index (χ2n) is 5.82. The Bertz CT molecular complexity index is 1060. The van der Waals surface area contributed by atoms with E-state index in [-0.39, 0.29) is 35.0 Å². The molecule has 0 aliphatic heterocycles. The van der Waals surface area contributed by atoms with Gasteiger partial charge >= 0.3 is 0 Å². The van der Waals surface area contributed by atoms with E-state index < -0.39 is 17.2 Å². The molecule has 1 aromatic heterocycles. The summed E-state index contributed by atoms with van der Waals surface area (Å²) in [5.41, 5.74) is 0.217. The fourth-order valence-electron chi connectivity index (χ4n) is 2.41. The van der Waals surface area contributed by atoms with Gasteiger partial charge in [0.1, 0.15) is 28.5 Å². The molecule has 1 N–H and O–H groups in total. The molecule has 0 saturated heterocycles. The number of rotatable bonds is 6. The minimum absolute atomic E-state index is 0.0297. The normalized spacial score (nSPS) is 10.5. The van der Waals surface area contributed by atoms with Crippen molar-refractivity contribution >= 4 is 21.8 Å². The number of carbonyl (C=O) groups is 1. The summed E-state index contributed by atoms with van der Waals surface area (Å²) in [5, 5.41) is 2.65. The van der Waals surface area contributed by atoms with Crippen molar-refractivity contribution < 1.29 is 18.3 Å². The Kier molecular flexibility index (Phi) is 6.20. The number of nitrogens with zero attached hydrogens (tertiary/aromatic N) is 1. The van der Waals surface area contributed by atoms with Crippen LogP contribution in [0.25, 0.3) is 0 Å². The fourth-order valence-corrected chi connectivity index (χ4v) is 2.88. The number of hydrogen-bond donors (Lipinski definition) is 1. The van der Waals surface area contributed by atoms with Gasteiger partial charge in [0.05, 0.1) is 6.67 Å². The van der Waals surface area contributed by atoms with Crippen LogP contribution in [-0.2, 0) is 13.3 Å². The third kappa shape index (κ3) is 4.64. The summed E-state index contributed by atoms with van der Waals surface area (Å²) < 4.78 is 33.5. The summed E-state index contributed by atoms with van der Waals surface area (Å²) >= 11 is 3.16. The number of aromatic nitrogens is 1. The Labute approximate surface area is 167 Å². The molecule has 5 nitrogen and oxygen atoms in total. The molecule has 0 atom stereocenters. The SMILES string of the molecule is O=C(NCn1ccc(OCc2ccc(F)cc2F)c(Br)c1=O)c1ccccc1. The number of pyridine rings is 1. The van der Waals surface area contributed by atoms with E-state index in [2.05, 4.69) is 21.2 Å². The quantitative estimate of drug-likeness (QED) is 0.622. The number of carbonyl (C=O) groups excluding carboxylic acids is 1. The molecule has 0 aliphatic rings. The molecule has 0 radical (unpaired) electrons. The van der Waals surface area contributed by atoms with Crippen LogP contribution in [0.4, 0.5) is 8.78 Å². The van der Waals surface area contributed by atoms with Crippen molar-refractivity contribution in [3.8, 4) is 5.75 Å². The number of benzene rings is 2. The zero-order valence-corrected chi connectivity index (χ0v) is 16.1. The largest absolute Gasteiger partial charge is 0.487 e. The van der Waals surface area contributed by atoms with Crippen LogP contribution in [0.1, 0.15) is 15.9 Å².